The van der Waals surface area contributed by atoms with Crippen molar-refractivity contribution in [1.29, 1.82) is 0 Å². The molecule has 1 unspecified atom stereocenters. The second-order valence-corrected chi connectivity index (χ2v) is 4.38. The number of allylic oxidation sites excluding steroid dienone is 1. The average Bonchev–Trinajstić information content (AvgIpc) is 2.40. The van der Waals surface area contributed by atoms with Crippen molar-refractivity contribution in [3.63, 3.8) is 0 Å². The van der Waals surface area contributed by atoms with Gasteiger partial charge in [-0.05, 0) is 19.1 Å². The van der Waals surface area contributed by atoms with E-state index in [0.717, 1.165) is 0 Å². The Labute approximate surface area is 112 Å². The summed E-state index contributed by atoms with van der Waals surface area (Å²) in [7, 11) is 1.29. The van der Waals surface area contributed by atoms with Gasteiger partial charge >= 0.3 is 5.97 Å². The molecule has 1 atom stereocenters. The van der Waals surface area contributed by atoms with Crippen LogP contribution in [0.2, 0.25) is 0 Å². The highest BCUT2D eigenvalue weighted by Gasteiger charge is 2.38. The molecule has 0 fully saturated rings. The lowest BCUT2D eigenvalue weighted by Crippen LogP contribution is -2.53. The van der Waals surface area contributed by atoms with Crippen molar-refractivity contribution < 1.29 is 19.1 Å². The number of dihydropyridines is 1. The fourth-order valence-electron chi connectivity index (χ4n) is 1.51. The van der Waals surface area contributed by atoms with Crippen molar-refractivity contribution in [3.8, 4) is 0 Å². The summed E-state index contributed by atoms with van der Waals surface area (Å²) in [6, 6.07) is 0. The van der Waals surface area contributed by atoms with Gasteiger partial charge in [-0.3, -0.25) is 4.79 Å². The van der Waals surface area contributed by atoms with Gasteiger partial charge in [-0.25, -0.2) is 4.79 Å². The van der Waals surface area contributed by atoms with Crippen LogP contribution in [0.5, 0.6) is 0 Å². The summed E-state index contributed by atoms with van der Waals surface area (Å²) in [4.78, 5) is 23.3. The van der Waals surface area contributed by atoms with Gasteiger partial charge in [0.05, 0.1) is 12.8 Å². The summed E-state index contributed by atoms with van der Waals surface area (Å²) >= 11 is 0. The topological polar surface area (TPSA) is 76.7 Å². The molecule has 1 rings (SSSR count). The zero-order valence-corrected chi connectivity index (χ0v) is 11.6. The molecule has 106 valence electrons. The first-order valence-corrected chi connectivity index (χ1v) is 6.15. The molecular weight excluding hydrogens is 248 g/mol. The smallest absolute Gasteiger partial charge is 0.363 e. The van der Waals surface area contributed by atoms with Gasteiger partial charge in [0.25, 0.3) is 5.72 Å². The SMILES string of the molecule is CCOC1(C(=O)OC)C=CC(NC(=O)C(C)C)=CN1. The van der Waals surface area contributed by atoms with Crippen LogP contribution in [0.3, 0.4) is 0 Å². The molecule has 0 spiro atoms. The van der Waals surface area contributed by atoms with Gasteiger partial charge in [0.15, 0.2) is 0 Å². The minimum absolute atomic E-state index is 0.0975. The standard InChI is InChI=1S/C13H20N2O4/c1-5-19-13(12(17)18-4)7-6-10(8-14-13)15-11(16)9(2)3/h6-9,14H,5H2,1-4H3,(H,15,16). The number of methoxy groups -OCH3 is 1. The summed E-state index contributed by atoms with van der Waals surface area (Å²) in [5, 5.41) is 5.54. The average molecular weight is 268 g/mol. The molecule has 0 saturated carbocycles. The fourth-order valence-corrected chi connectivity index (χ4v) is 1.51. The Balaban J connectivity index is 2.77. The van der Waals surface area contributed by atoms with Crippen LogP contribution in [0.4, 0.5) is 0 Å². The van der Waals surface area contributed by atoms with E-state index in [0.29, 0.717) is 12.3 Å². The van der Waals surface area contributed by atoms with Gasteiger partial charge in [0, 0.05) is 18.7 Å². The molecule has 0 bridgehead atoms. The Morgan fingerprint density at radius 3 is 2.58 bits per heavy atom. The molecule has 0 aliphatic carbocycles. The Morgan fingerprint density at radius 1 is 1.47 bits per heavy atom. The molecule has 1 aliphatic heterocycles. The van der Waals surface area contributed by atoms with E-state index >= 15 is 0 Å². The van der Waals surface area contributed by atoms with Crippen molar-refractivity contribution in [2.75, 3.05) is 13.7 Å². The van der Waals surface area contributed by atoms with Crippen molar-refractivity contribution in [1.82, 2.24) is 10.6 Å². The van der Waals surface area contributed by atoms with Crippen molar-refractivity contribution in [3.05, 3.63) is 24.0 Å². The lowest BCUT2D eigenvalue weighted by atomic mass is 10.1. The molecule has 19 heavy (non-hydrogen) atoms. The van der Waals surface area contributed by atoms with Crippen LogP contribution in [0.25, 0.3) is 0 Å². The largest absolute Gasteiger partial charge is 0.465 e. The van der Waals surface area contributed by atoms with E-state index in [1.807, 2.05) is 0 Å². The molecule has 1 amide bonds. The maximum atomic E-state index is 11.7. The fraction of sp³-hybridized carbons (Fsp3) is 0.538. The van der Waals surface area contributed by atoms with Crippen molar-refractivity contribution in [2.45, 2.75) is 26.5 Å². The lowest BCUT2D eigenvalue weighted by Gasteiger charge is -2.30. The Kier molecular flexibility index (Phi) is 5.11. The van der Waals surface area contributed by atoms with Gasteiger partial charge in [-0.15, -0.1) is 0 Å². The van der Waals surface area contributed by atoms with Crippen LogP contribution < -0.4 is 10.6 Å². The molecule has 6 heteroatoms. The number of ether oxygens (including phenoxy) is 2. The Morgan fingerprint density at radius 2 is 2.16 bits per heavy atom. The lowest BCUT2D eigenvalue weighted by molar-refractivity contribution is -0.165. The third kappa shape index (κ3) is 3.57. The first kappa shape index (κ1) is 15.2. The van der Waals surface area contributed by atoms with Crippen LogP contribution >= 0.6 is 0 Å². The number of rotatable bonds is 5. The predicted octanol–water partition coefficient (Wildman–Crippen LogP) is 0.665. The Hall–Kier alpha value is -1.82. The van der Waals surface area contributed by atoms with E-state index in [1.165, 1.54) is 19.4 Å². The number of hydrogen-bond acceptors (Lipinski definition) is 5. The highest BCUT2D eigenvalue weighted by molar-refractivity contribution is 5.83. The molecule has 0 aromatic heterocycles. The second kappa shape index (κ2) is 6.38. The third-order valence-electron chi connectivity index (χ3n) is 2.59. The zero-order chi connectivity index (χ0) is 14.5. The van der Waals surface area contributed by atoms with Gasteiger partial charge in [-0.1, -0.05) is 13.8 Å². The van der Waals surface area contributed by atoms with Crippen LogP contribution in [-0.4, -0.2) is 31.3 Å². The van der Waals surface area contributed by atoms with Crippen LogP contribution in [0.15, 0.2) is 24.0 Å². The van der Waals surface area contributed by atoms with Gasteiger partial charge in [0.1, 0.15) is 0 Å². The summed E-state index contributed by atoms with van der Waals surface area (Å²) < 4.78 is 10.1. The number of hydrogen-bond donors (Lipinski definition) is 2. The second-order valence-electron chi connectivity index (χ2n) is 4.38. The number of amides is 1. The maximum absolute atomic E-state index is 11.7. The highest BCUT2D eigenvalue weighted by Crippen LogP contribution is 2.17. The van der Waals surface area contributed by atoms with E-state index in [9.17, 15) is 9.59 Å². The summed E-state index contributed by atoms with van der Waals surface area (Å²) in [6.07, 6.45) is 4.66. The van der Waals surface area contributed by atoms with Crippen molar-refractivity contribution in [2.24, 2.45) is 5.92 Å². The number of esters is 1. The van der Waals surface area contributed by atoms with Gasteiger partial charge < -0.3 is 20.1 Å². The molecule has 0 aromatic rings. The van der Waals surface area contributed by atoms with Gasteiger partial charge in [-0.2, -0.15) is 0 Å². The van der Waals surface area contributed by atoms with Crippen LogP contribution in [0, 0.1) is 5.92 Å². The van der Waals surface area contributed by atoms with E-state index in [2.05, 4.69) is 10.6 Å². The van der Waals surface area contributed by atoms with Crippen molar-refractivity contribution >= 4 is 11.9 Å². The number of nitrogens with one attached hydrogen (secondary N) is 2. The minimum atomic E-state index is -1.32. The highest BCUT2D eigenvalue weighted by atomic mass is 16.6. The minimum Gasteiger partial charge on any atom is -0.465 e. The molecule has 1 heterocycles. The van der Waals surface area contributed by atoms with Gasteiger partial charge in [0.2, 0.25) is 5.91 Å². The zero-order valence-electron chi connectivity index (χ0n) is 11.6. The third-order valence-corrected chi connectivity index (χ3v) is 2.59. The van der Waals surface area contributed by atoms with E-state index in [1.54, 1.807) is 26.8 Å². The molecule has 1 aliphatic rings. The number of carbonyl (C=O) groups is 2. The molecule has 0 radical (unpaired) electrons. The predicted molar refractivity (Wildman–Crippen MR) is 69.7 cm³/mol. The molecule has 0 saturated heterocycles. The summed E-state index contributed by atoms with van der Waals surface area (Å²) in [5.74, 6) is -0.760. The first-order valence-electron chi connectivity index (χ1n) is 6.15. The molecule has 6 nitrogen and oxygen atoms in total. The van der Waals surface area contributed by atoms with E-state index in [-0.39, 0.29) is 11.8 Å². The normalized spacial score (nSPS) is 21.6. The molecule has 2 N–H and O–H groups in total. The summed E-state index contributed by atoms with van der Waals surface area (Å²) in [6.45, 7) is 5.72. The Bertz CT molecular complexity index is 415. The monoisotopic (exact) mass is 268 g/mol. The van der Waals surface area contributed by atoms with E-state index in [4.69, 9.17) is 9.47 Å². The molecular formula is C13H20N2O4. The summed E-state index contributed by atoms with van der Waals surface area (Å²) in [5.41, 5.74) is -0.756. The quantitative estimate of drug-likeness (QED) is 0.717. The van der Waals surface area contributed by atoms with Crippen LogP contribution in [-0.2, 0) is 19.1 Å². The first-order chi connectivity index (χ1) is 8.95. The maximum Gasteiger partial charge on any atom is 0.363 e. The number of carbonyl (C=O) groups excluding carboxylic acids is 2. The van der Waals surface area contributed by atoms with E-state index < -0.39 is 11.7 Å². The molecule has 0 aromatic carbocycles. The van der Waals surface area contributed by atoms with Crippen LogP contribution in [0.1, 0.15) is 20.8 Å².